The van der Waals surface area contributed by atoms with Crippen molar-refractivity contribution in [2.45, 2.75) is 0 Å². The van der Waals surface area contributed by atoms with Crippen molar-refractivity contribution >= 4 is 65.2 Å². The molecule has 72 heavy (non-hydrogen) atoms. The molecule has 338 valence electrons. The Labute approximate surface area is 417 Å². The number of aromatic nitrogens is 4. The fourth-order valence-corrected chi connectivity index (χ4v) is 11.5. The van der Waals surface area contributed by atoms with E-state index in [0.717, 1.165) is 56.0 Å². The quantitative estimate of drug-likeness (QED) is 0.149. The summed E-state index contributed by atoms with van der Waals surface area (Å²) in [6.45, 7) is 0. The Hall–Kier alpha value is -9.38. The molecule has 4 nitrogen and oxygen atoms in total. The van der Waals surface area contributed by atoms with Crippen LogP contribution in [0.5, 0.6) is 0 Å². The van der Waals surface area contributed by atoms with Crippen LogP contribution in [-0.2, 0) is 14.1 Å². The van der Waals surface area contributed by atoms with Crippen molar-refractivity contribution in [3.63, 3.8) is 0 Å². The lowest BCUT2D eigenvalue weighted by Gasteiger charge is -2.22. The molecule has 0 atom stereocenters. The molecule has 0 spiro atoms. The number of hydrogen-bond acceptors (Lipinski definition) is 2. The second-order valence-corrected chi connectivity index (χ2v) is 19.0. The summed E-state index contributed by atoms with van der Waals surface area (Å²) in [6, 6.07) is 88.6. The van der Waals surface area contributed by atoms with Crippen molar-refractivity contribution in [3.8, 4) is 78.4 Å². The molecule has 0 saturated heterocycles. The molecule has 0 fully saturated rings. The largest absolute Gasteiger partial charge is 0.327 e. The highest BCUT2D eigenvalue weighted by molar-refractivity contribution is 6.28. The van der Waals surface area contributed by atoms with Gasteiger partial charge in [0.15, 0.2) is 0 Å². The zero-order chi connectivity index (χ0) is 47.9. The molecule has 0 bridgehead atoms. The van der Waals surface area contributed by atoms with Gasteiger partial charge in [-0.2, -0.15) is 0 Å². The van der Waals surface area contributed by atoms with Crippen molar-refractivity contribution in [2.75, 3.05) is 0 Å². The number of fused-ring (bicyclic) bond motifs is 6. The second-order valence-electron chi connectivity index (χ2n) is 19.0. The van der Waals surface area contributed by atoms with E-state index >= 15 is 0 Å². The van der Waals surface area contributed by atoms with Crippen LogP contribution < -0.4 is 0 Å². The van der Waals surface area contributed by atoms with Gasteiger partial charge in [-0.15, -0.1) is 0 Å². The maximum atomic E-state index is 5.14. The summed E-state index contributed by atoms with van der Waals surface area (Å²) in [6.07, 6.45) is 0. The van der Waals surface area contributed by atoms with E-state index in [9.17, 15) is 0 Å². The van der Waals surface area contributed by atoms with E-state index in [1.165, 1.54) is 87.6 Å². The summed E-state index contributed by atoms with van der Waals surface area (Å²) in [5.74, 6) is 1.90. The summed E-state index contributed by atoms with van der Waals surface area (Å²) >= 11 is 0. The van der Waals surface area contributed by atoms with Gasteiger partial charge in [-0.3, -0.25) is 0 Å². The van der Waals surface area contributed by atoms with Gasteiger partial charge in [0.25, 0.3) is 0 Å². The molecule has 14 rings (SSSR count). The Morgan fingerprint density at radius 2 is 0.556 bits per heavy atom. The lowest BCUT2D eigenvalue weighted by Crippen LogP contribution is -1.95. The minimum Gasteiger partial charge on any atom is -0.327 e. The molecular weight excluding hydrogens is 873 g/mol. The Bertz CT molecular complexity index is 4160. The number of nitrogens with zero attached hydrogens (tertiary/aromatic N) is 4. The normalized spacial score (nSPS) is 11.8. The lowest BCUT2D eigenvalue weighted by molar-refractivity contribution is 0.959. The number of hydrogen-bond donors (Lipinski definition) is 0. The highest BCUT2D eigenvalue weighted by Crippen LogP contribution is 2.50. The summed E-state index contributed by atoms with van der Waals surface area (Å²) in [4.78, 5) is 10.3. The van der Waals surface area contributed by atoms with Gasteiger partial charge in [-0.1, -0.05) is 206 Å². The highest BCUT2D eigenvalue weighted by Gasteiger charge is 2.23. The molecule has 2 heterocycles. The van der Waals surface area contributed by atoms with Crippen LogP contribution in [-0.4, -0.2) is 19.1 Å². The Kier molecular flexibility index (Phi) is 9.62. The summed E-state index contributed by atoms with van der Waals surface area (Å²) in [5.41, 5.74) is 18.2. The number of benzene rings is 12. The van der Waals surface area contributed by atoms with Crippen LogP contribution in [0.4, 0.5) is 0 Å². The van der Waals surface area contributed by atoms with E-state index in [2.05, 4.69) is 266 Å². The van der Waals surface area contributed by atoms with Gasteiger partial charge >= 0.3 is 0 Å². The van der Waals surface area contributed by atoms with Gasteiger partial charge in [0, 0.05) is 25.2 Å². The number of aryl methyl sites for hydroxylation is 2. The first-order valence-electron chi connectivity index (χ1n) is 24.7. The minimum absolute atomic E-state index is 0.951. The van der Waals surface area contributed by atoms with Crippen LogP contribution in [0, 0.1) is 0 Å². The molecule has 4 heteroatoms. The average molecular weight is 919 g/mol. The van der Waals surface area contributed by atoms with E-state index in [0.29, 0.717) is 0 Å². The molecule has 12 aromatic carbocycles. The molecule has 0 unspecified atom stereocenters. The van der Waals surface area contributed by atoms with E-state index in [1.807, 2.05) is 0 Å². The second kappa shape index (κ2) is 16.6. The predicted molar refractivity (Wildman–Crippen MR) is 303 cm³/mol. The van der Waals surface area contributed by atoms with Crippen molar-refractivity contribution < 1.29 is 0 Å². The van der Waals surface area contributed by atoms with Crippen molar-refractivity contribution in [1.29, 1.82) is 0 Å². The smallest absolute Gasteiger partial charge is 0.140 e. The molecule has 0 saturated carbocycles. The molecular formula is C68H46N4. The van der Waals surface area contributed by atoms with E-state index in [1.54, 1.807) is 0 Å². The summed E-state index contributed by atoms with van der Waals surface area (Å²) in [5, 5.41) is 9.65. The summed E-state index contributed by atoms with van der Waals surface area (Å²) < 4.78 is 4.46. The average Bonchev–Trinajstić information content (AvgIpc) is 3.96. The van der Waals surface area contributed by atoms with Crippen LogP contribution in [0.15, 0.2) is 243 Å². The Morgan fingerprint density at radius 1 is 0.250 bits per heavy atom. The highest BCUT2D eigenvalue weighted by atomic mass is 15.1. The molecule has 0 radical (unpaired) electrons. The SMILES string of the molecule is Cn1c(-c2ccccc2)nc2ccc(-c3cccc4c(-c5c6cccc(-c7ccccc7)c6cc6c(-c7ccccc7)cccc56)c5cccc(-c6ccc7nc(-c8ccccc8)n(C)c7c6)c5cc34)cc21. The number of rotatable bonds is 7. The van der Waals surface area contributed by atoms with Gasteiger partial charge in [0.1, 0.15) is 11.6 Å². The Balaban J connectivity index is 1.10. The van der Waals surface area contributed by atoms with Crippen molar-refractivity contribution in [1.82, 2.24) is 19.1 Å². The maximum absolute atomic E-state index is 5.14. The van der Waals surface area contributed by atoms with Crippen LogP contribution in [0.2, 0.25) is 0 Å². The minimum atomic E-state index is 0.951. The first-order valence-corrected chi connectivity index (χ1v) is 24.7. The standard InChI is InChI=1S/C68H46N4/c1-71-63-39-47(35-37-61(63)69-67(71)45-23-11-5-12-24-45)51-29-17-33-55-59(51)42-60-52(48-36-38-62-64(40-48)72(2)68(70-62)46-25-13-6-14-26-46)30-18-34-56(60)66(55)65-53-31-15-27-49(43-19-7-3-8-20-43)57(53)41-58-50(28-16-32-54(58)65)44-21-9-4-10-22-44/h3-42H,1-2H3. The first kappa shape index (κ1) is 41.6. The fraction of sp³-hybridized carbons (Fsp3) is 0.0294. The van der Waals surface area contributed by atoms with E-state index < -0.39 is 0 Å². The maximum Gasteiger partial charge on any atom is 0.140 e. The third-order valence-corrected chi connectivity index (χ3v) is 14.9. The predicted octanol–water partition coefficient (Wildman–Crippen LogP) is 17.7. The van der Waals surface area contributed by atoms with Crippen LogP contribution in [0.3, 0.4) is 0 Å². The van der Waals surface area contributed by atoms with Gasteiger partial charge < -0.3 is 9.13 Å². The third kappa shape index (κ3) is 6.60. The molecule has 0 aliphatic carbocycles. The molecule has 0 aliphatic rings. The van der Waals surface area contributed by atoms with Gasteiger partial charge in [-0.05, 0) is 135 Å². The third-order valence-electron chi connectivity index (χ3n) is 14.9. The van der Waals surface area contributed by atoms with Crippen LogP contribution in [0.25, 0.3) is 144 Å². The van der Waals surface area contributed by atoms with Crippen LogP contribution >= 0.6 is 0 Å². The molecule has 0 N–H and O–H groups in total. The summed E-state index contributed by atoms with van der Waals surface area (Å²) in [7, 11) is 4.26. The van der Waals surface area contributed by atoms with Crippen molar-refractivity contribution in [2.24, 2.45) is 14.1 Å². The molecule has 14 aromatic rings. The molecule has 0 amide bonds. The fourth-order valence-electron chi connectivity index (χ4n) is 11.5. The molecule has 0 aliphatic heterocycles. The lowest BCUT2D eigenvalue weighted by atomic mass is 9.81. The number of imidazole rings is 2. The monoisotopic (exact) mass is 918 g/mol. The zero-order valence-electron chi connectivity index (χ0n) is 39.9. The topological polar surface area (TPSA) is 35.6 Å². The van der Waals surface area contributed by atoms with E-state index in [-0.39, 0.29) is 0 Å². The first-order chi connectivity index (χ1) is 35.6. The van der Waals surface area contributed by atoms with E-state index in [4.69, 9.17) is 9.97 Å². The Morgan fingerprint density at radius 3 is 0.889 bits per heavy atom. The van der Waals surface area contributed by atoms with Crippen LogP contribution in [0.1, 0.15) is 0 Å². The molecule has 2 aromatic heterocycles. The van der Waals surface area contributed by atoms with Gasteiger partial charge in [0.2, 0.25) is 0 Å². The van der Waals surface area contributed by atoms with Gasteiger partial charge in [0.05, 0.1) is 22.1 Å². The van der Waals surface area contributed by atoms with Crippen molar-refractivity contribution in [3.05, 3.63) is 243 Å². The zero-order valence-corrected chi connectivity index (χ0v) is 39.9. The van der Waals surface area contributed by atoms with Gasteiger partial charge in [-0.25, -0.2) is 9.97 Å².